The van der Waals surface area contributed by atoms with Gasteiger partial charge in [-0.15, -0.1) is 10.2 Å². The first-order chi connectivity index (χ1) is 9.24. The van der Waals surface area contributed by atoms with E-state index < -0.39 is 0 Å². The summed E-state index contributed by atoms with van der Waals surface area (Å²) in [7, 11) is 0. The van der Waals surface area contributed by atoms with Crippen LogP contribution in [0.4, 0.5) is 5.69 Å². The van der Waals surface area contributed by atoms with Gasteiger partial charge in [-0.1, -0.05) is 23.5 Å². The molecule has 0 aliphatic heterocycles. The van der Waals surface area contributed by atoms with Gasteiger partial charge < -0.3 is 5.32 Å². The highest BCUT2D eigenvalue weighted by Gasteiger charge is 2.13. The summed E-state index contributed by atoms with van der Waals surface area (Å²) in [6.07, 6.45) is 3.41. The first-order valence-corrected chi connectivity index (χ1v) is 6.56. The summed E-state index contributed by atoms with van der Waals surface area (Å²) in [5.74, 6) is -0.333. The van der Waals surface area contributed by atoms with E-state index in [9.17, 15) is 4.79 Å². The van der Waals surface area contributed by atoms with Crippen LogP contribution >= 0.6 is 22.9 Å². The molecule has 0 atom stereocenters. The lowest BCUT2D eigenvalue weighted by Crippen LogP contribution is -2.11. The number of halogens is 1. The minimum absolute atomic E-state index is 0.228. The fourth-order valence-electron chi connectivity index (χ4n) is 1.70. The van der Waals surface area contributed by atoms with Crippen LogP contribution in [0.2, 0.25) is 4.47 Å². The van der Waals surface area contributed by atoms with Gasteiger partial charge in [0.15, 0.2) is 0 Å². The lowest BCUT2D eigenvalue weighted by molar-refractivity contribution is 0.102. The van der Waals surface area contributed by atoms with Gasteiger partial charge in [0.05, 0.1) is 5.69 Å². The highest BCUT2D eigenvalue weighted by molar-refractivity contribution is 7.17. The summed E-state index contributed by atoms with van der Waals surface area (Å²) in [5, 5.41) is 12.2. The van der Waals surface area contributed by atoms with Gasteiger partial charge >= 0.3 is 0 Å². The molecule has 1 amide bonds. The molecule has 3 rings (SSSR count). The standard InChI is InChI=1S/C12H7ClN4OS/c13-12-17-16-11(19-12)10(18)15-9-3-1-2-7-4-5-14-6-8(7)9/h1-6H,(H,15,18). The first kappa shape index (κ1) is 12.0. The number of aromatic nitrogens is 3. The maximum Gasteiger partial charge on any atom is 0.286 e. The molecule has 2 heterocycles. The Kier molecular flexibility index (Phi) is 3.10. The van der Waals surface area contributed by atoms with E-state index in [1.807, 2.05) is 24.3 Å². The number of nitrogens with one attached hydrogen (secondary N) is 1. The van der Waals surface area contributed by atoms with E-state index in [-0.39, 0.29) is 15.4 Å². The molecule has 0 bridgehead atoms. The van der Waals surface area contributed by atoms with Crippen molar-refractivity contribution < 1.29 is 4.79 Å². The number of carbonyl (C=O) groups excluding carboxylic acids is 1. The molecule has 0 aliphatic rings. The molecule has 1 aromatic carbocycles. The number of pyridine rings is 1. The largest absolute Gasteiger partial charge is 0.319 e. The summed E-state index contributed by atoms with van der Waals surface area (Å²) < 4.78 is 0.240. The molecule has 0 radical (unpaired) electrons. The number of anilines is 1. The van der Waals surface area contributed by atoms with Crippen LogP contribution in [0.1, 0.15) is 9.80 Å². The van der Waals surface area contributed by atoms with E-state index in [0.29, 0.717) is 5.69 Å². The quantitative estimate of drug-likeness (QED) is 0.788. The smallest absolute Gasteiger partial charge is 0.286 e. The third-order valence-corrected chi connectivity index (χ3v) is 3.54. The van der Waals surface area contributed by atoms with E-state index in [1.165, 1.54) is 0 Å². The molecule has 0 unspecified atom stereocenters. The van der Waals surface area contributed by atoms with E-state index in [1.54, 1.807) is 12.4 Å². The molecule has 0 spiro atoms. The van der Waals surface area contributed by atoms with Crippen molar-refractivity contribution in [2.24, 2.45) is 0 Å². The van der Waals surface area contributed by atoms with Crippen LogP contribution in [0.25, 0.3) is 10.8 Å². The molecular formula is C12H7ClN4OS. The number of amides is 1. The lowest BCUT2D eigenvalue weighted by Gasteiger charge is -2.06. The van der Waals surface area contributed by atoms with Gasteiger partial charge in [0.1, 0.15) is 0 Å². The average molecular weight is 291 g/mol. The second-order valence-corrected chi connectivity index (χ2v) is 5.28. The second kappa shape index (κ2) is 4.91. The molecule has 0 saturated heterocycles. The number of nitrogens with zero attached hydrogens (tertiary/aromatic N) is 3. The fraction of sp³-hybridized carbons (Fsp3) is 0. The molecule has 0 aliphatic carbocycles. The summed E-state index contributed by atoms with van der Waals surface area (Å²) in [4.78, 5) is 16.0. The Morgan fingerprint density at radius 2 is 2.16 bits per heavy atom. The van der Waals surface area contributed by atoms with Crippen LogP contribution < -0.4 is 5.32 Å². The van der Waals surface area contributed by atoms with E-state index >= 15 is 0 Å². The number of rotatable bonds is 2. The molecule has 7 heteroatoms. The number of hydrogen-bond acceptors (Lipinski definition) is 5. The van der Waals surface area contributed by atoms with Crippen molar-refractivity contribution in [3.05, 3.63) is 46.1 Å². The minimum atomic E-state index is -0.333. The summed E-state index contributed by atoms with van der Waals surface area (Å²) in [5.41, 5.74) is 0.682. The first-order valence-electron chi connectivity index (χ1n) is 5.37. The Balaban J connectivity index is 1.95. The maximum atomic E-state index is 12.0. The molecule has 3 aromatic rings. The molecule has 2 aromatic heterocycles. The van der Waals surface area contributed by atoms with Crippen LogP contribution in [0, 0.1) is 0 Å². The fourth-order valence-corrected chi connectivity index (χ4v) is 2.42. The molecule has 94 valence electrons. The van der Waals surface area contributed by atoms with Crippen LogP contribution in [0.5, 0.6) is 0 Å². The van der Waals surface area contributed by atoms with Gasteiger partial charge in [0, 0.05) is 17.8 Å². The van der Waals surface area contributed by atoms with Crippen LogP contribution in [-0.2, 0) is 0 Å². The average Bonchev–Trinajstić information content (AvgIpc) is 2.86. The zero-order valence-corrected chi connectivity index (χ0v) is 11.1. The van der Waals surface area contributed by atoms with Gasteiger partial charge in [-0.2, -0.15) is 0 Å². The molecule has 5 nitrogen and oxygen atoms in total. The Morgan fingerprint density at radius 1 is 1.26 bits per heavy atom. The molecule has 19 heavy (non-hydrogen) atoms. The zero-order chi connectivity index (χ0) is 13.2. The zero-order valence-electron chi connectivity index (χ0n) is 9.50. The number of carbonyl (C=O) groups is 1. The Labute approximate surface area is 117 Å². The Hall–Kier alpha value is -2.05. The molecular weight excluding hydrogens is 284 g/mol. The SMILES string of the molecule is O=C(Nc1cccc2ccncc12)c1nnc(Cl)s1. The van der Waals surface area contributed by atoms with Gasteiger partial charge in [0.2, 0.25) is 9.47 Å². The summed E-state index contributed by atoms with van der Waals surface area (Å²) in [6, 6.07) is 7.51. The maximum absolute atomic E-state index is 12.0. The van der Waals surface area contributed by atoms with Crippen molar-refractivity contribution in [3.63, 3.8) is 0 Å². The van der Waals surface area contributed by atoms with Crippen LogP contribution in [0.3, 0.4) is 0 Å². The van der Waals surface area contributed by atoms with Crippen LogP contribution in [0.15, 0.2) is 36.7 Å². The topological polar surface area (TPSA) is 67.8 Å². The summed E-state index contributed by atoms with van der Waals surface area (Å²) >= 11 is 6.69. The third-order valence-electron chi connectivity index (χ3n) is 2.53. The van der Waals surface area contributed by atoms with Crippen molar-refractivity contribution in [1.29, 1.82) is 0 Å². The van der Waals surface area contributed by atoms with E-state index in [4.69, 9.17) is 11.6 Å². The lowest BCUT2D eigenvalue weighted by atomic mass is 10.1. The van der Waals surface area contributed by atoms with Gasteiger partial charge in [-0.3, -0.25) is 9.78 Å². The summed E-state index contributed by atoms with van der Waals surface area (Å²) in [6.45, 7) is 0. The van der Waals surface area contributed by atoms with Gasteiger partial charge in [0.25, 0.3) is 5.91 Å². The number of benzene rings is 1. The Morgan fingerprint density at radius 3 is 2.95 bits per heavy atom. The minimum Gasteiger partial charge on any atom is -0.319 e. The Bertz CT molecular complexity index is 753. The van der Waals surface area contributed by atoms with Crippen molar-refractivity contribution >= 4 is 45.3 Å². The van der Waals surface area contributed by atoms with Crippen molar-refractivity contribution in [1.82, 2.24) is 15.2 Å². The predicted octanol–water partition coefficient (Wildman–Crippen LogP) is 2.99. The highest BCUT2D eigenvalue weighted by Crippen LogP contribution is 2.23. The van der Waals surface area contributed by atoms with Crippen LogP contribution in [-0.4, -0.2) is 21.1 Å². The number of fused-ring (bicyclic) bond motifs is 1. The highest BCUT2D eigenvalue weighted by atomic mass is 35.5. The van der Waals surface area contributed by atoms with Gasteiger partial charge in [-0.25, -0.2) is 0 Å². The molecule has 0 fully saturated rings. The number of hydrogen-bond donors (Lipinski definition) is 1. The normalized spacial score (nSPS) is 10.6. The van der Waals surface area contributed by atoms with Crippen molar-refractivity contribution in [2.75, 3.05) is 5.32 Å². The second-order valence-electron chi connectivity index (χ2n) is 3.72. The van der Waals surface area contributed by atoms with E-state index in [0.717, 1.165) is 22.1 Å². The van der Waals surface area contributed by atoms with Gasteiger partial charge in [-0.05, 0) is 29.1 Å². The van der Waals surface area contributed by atoms with Crippen molar-refractivity contribution in [3.8, 4) is 0 Å². The molecule has 0 saturated carbocycles. The third kappa shape index (κ3) is 2.40. The van der Waals surface area contributed by atoms with Crippen molar-refractivity contribution in [2.45, 2.75) is 0 Å². The monoisotopic (exact) mass is 290 g/mol. The predicted molar refractivity (Wildman–Crippen MR) is 74.6 cm³/mol. The van der Waals surface area contributed by atoms with E-state index in [2.05, 4.69) is 20.5 Å². The molecule has 1 N–H and O–H groups in total.